The predicted molar refractivity (Wildman–Crippen MR) is 72.5 cm³/mol. The molecule has 0 saturated heterocycles. The van der Waals surface area contributed by atoms with Crippen LogP contribution in [0.25, 0.3) is 0 Å². The Morgan fingerprint density at radius 1 is 1.35 bits per heavy atom. The molecule has 0 atom stereocenters. The molecule has 1 aliphatic heterocycles. The maximum Gasteiger partial charge on any atom is 0.128 e. The summed E-state index contributed by atoms with van der Waals surface area (Å²) in [6.07, 6.45) is 2.26. The van der Waals surface area contributed by atoms with Crippen LogP contribution in [0.4, 0.5) is 5.82 Å². The van der Waals surface area contributed by atoms with E-state index in [1.165, 1.54) is 17.7 Å². The van der Waals surface area contributed by atoms with Crippen molar-refractivity contribution in [3.05, 3.63) is 23.4 Å². The highest BCUT2D eigenvalue weighted by Crippen LogP contribution is 2.20. The third-order valence-electron chi connectivity index (χ3n) is 3.42. The van der Waals surface area contributed by atoms with Gasteiger partial charge in [-0.2, -0.15) is 0 Å². The summed E-state index contributed by atoms with van der Waals surface area (Å²) in [5.74, 6) is 1.15. The molecule has 1 aromatic rings. The molecule has 0 spiro atoms. The van der Waals surface area contributed by atoms with Gasteiger partial charge in [0, 0.05) is 38.3 Å². The van der Waals surface area contributed by atoms with E-state index in [0.29, 0.717) is 0 Å². The van der Waals surface area contributed by atoms with Crippen LogP contribution in [-0.2, 0) is 13.0 Å². The van der Waals surface area contributed by atoms with Gasteiger partial charge in [-0.25, -0.2) is 4.98 Å². The second-order valence-electron chi connectivity index (χ2n) is 4.84. The van der Waals surface area contributed by atoms with Crippen molar-refractivity contribution in [2.45, 2.75) is 33.2 Å². The molecule has 1 aromatic heterocycles. The van der Waals surface area contributed by atoms with Gasteiger partial charge in [0.25, 0.3) is 0 Å². The molecular formula is C14H23N3. The lowest BCUT2D eigenvalue weighted by molar-refractivity contribution is 0.310. The number of anilines is 1. The Labute approximate surface area is 104 Å². The smallest absolute Gasteiger partial charge is 0.128 e. The van der Waals surface area contributed by atoms with Gasteiger partial charge < -0.3 is 9.80 Å². The number of pyridine rings is 1. The van der Waals surface area contributed by atoms with Crippen molar-refractivity contribution in [3.63, 3.8) is 0 Å². The summed E-state index contributed by atoms with van der Waals surface area (Å²) in [5.41, 5.74) is 2.70. The van der Waals surface area contributed by atoms with Crippen molar-refractivity contribution in [2.24, 2.45) is 0 Å². The zero-order valence-corrected chi connectivity index (χ0v) is 11.2. The van der Waals surface area contributed by atoms with Crippen molar-refractivity contribution >= 4 is 5.82 Å². The summed E-state index contributed by atoms with van der Waals surface area (Å²) in [6, 6.07) is 4.43. The molecule has 3 nitrogen and oxygen atoms in total. The van der Waals surface area contributed by atoms with E-state index in [-0.39, 0.29) is 0 Å². The molecule has 0 aliphatic carbocycles. The van der Waals surface area contributed by atoms with E-state index in [1.807, 2.05) is 0 Å². The van der Waals surface area contributed by atoms with Gasteiger partial charge in [-0.05, 0) is 32.0 Å². The van der Waals surface area contributed by atoms with Crippen LogP contribution in [0.15, 0.2) is 12.1 Å². The van der Waals surface area contributed by atoms with Gasteiger partial charge >= 0.3 is 0 Å². The van der Waals surface area contributed by atoms with Gasteiger partial charge in [0.2, 0.25) is 0 Å². The topological polar surface area (TPSA) is 19.4 Å². The molecule has 0 N–H and O–H groups in total. The first-order valence-corrected chi connectivity index (χ1v) is 6.66. The van der Waals surface area contributed by atoms with Crippen LogP contribution < -0.4 is 4.90 Å². The summed E-state index contributed by atoms with van der Waals surface area (Å²) >= 11 is 0. The number of hydrogen-bond donors (Lipinski definition) is 0. The number of aromatic nitrogens is 1. The van der Waals surface area contributed by atoms with Gasteiger partial charge in [0.1, 0.15) is 5.82 Å². The predicted octanol–water partition coefficient (Wildman–Crippen LogP) is 2.31. The molecule has 0 bridgehead atoms. The second kappa shape index (κ2) is 5.50. The summed E-state index contributed by atoms with van der Waals surface area (Å²) in [4.78, 5) is 9.55. The Morgan fingerprint density at radius 2 is 2.18 bits per heavy atom. The molecule has 0 fully saturated rings. The highest BCUT2D eigenvalue weighted by atomic mass is 15.2. The van der Waals surface area contributed by atoms with Crippen molar-refractivity contribution < 1.29 is 0 Å². The molecule has 3 heteroatoms. The van der Waals surface area contributed by atoms with E-state index in [0.717, 1.165) is 38.4 Å². The van der Waals surface area contributed by atoms with E-state index in [2.05, 4.69) is 42.8 Å². The van der Waals surface area contributed by atoms with E-state index >= 15 is 0 Å². The highest BCUT2D eigenvalue weighted by molar-refractivity contribution is 5.42. The highest BCUT2D eigenvalue weighted by Gasteiger charge is 2.15. The Hall–Kier alpha value is -1.09. The summed E-state index contributed by atoms with van der Waals surface area (Å²) in [5, 5.41) is 0. The molecule has 0 radical (unpaired) electrons. The first kappa shape index (κ1) is 12.4. The minimum absolute atomic E-state index is 1.04. The van der Waals surface area contributed by atoms with Crippen LogP contribution >= 0.6 is 0 Å². The second-order valence-corrected chi connectivity index (χ2v) is 4.84. The Balaban J connectivity index is 2.20. The zero-order valence-electron chi connectivity index (χ0n) is 11.2. The molecular weight excluding hydrogens is 210 g/mol. The van der Waals surface area contributed by atoms with Crippen LogP contribution in [0.2, 0.25) is 0 Å². The molecule has 17 heavy (non-hydrogen) atoms. The summed E-state index contributed by atoms with van der Waals surface area (Å²) in [7, 11) is 2.17. The molecule has 2 heterocycles. The van der Waals surface area contributed by atoms with E-state index < -0.39 is 0 Å². The molecule has 0 aromatic carbocycles. The van der Waals surface area contributed by atoms with Crippen molar-refractivity contribution in [2.75, 3.05) is 31.6 Å². The Morgan fingerprint density at radius 3 is 2.88 bits per heavy atom. The lowest BCUT2D eigenvalue weighted by atomic mass is 10.1. The van der Waals surface area contributed by atoms with Gasteiger partial charge in [-0.3, -0.25) is 0 Å². The molecule has 0 amide bonds. The van der Waals surface area contributed by atoms with Crippen LogP contribution in [0.5, 0.6) is 0 Å². The van der Waals surface area contributed by atoms with Crippen molar-refractivity contribution in [3.8, 4) is 0 Å². The summed E-state index contributed by atoms with van der Waals surface area (Å²) in [6.45, 7) is 8.73. The van der Waals surface area contributed by atoms with Gasteiger partial charge in [-0.15, -0.1) is 0 Å². The number of fused-ring (bicyclic) bond motifs is 1. The van der Waals surface area contributed by atoms with Crippen LogP contribution in [0.3, 0.4) is 0 Å². The lowest BCUT2D eigenvalue weighted by Gasteiger charge is -2.27. The fourth-order valence-electron chi connectivity index (χ4n) is 2.43. The Kier molecular flexibility index (Phi) is 4.00. The van der Waals surface area contributed by atoms with Crippen molar-refractivity contribution in [1.29, 1.82) is 0 Å². The molecule has 0 saturated carbocycles. The summed E-state index contributed by atoms with van der Waals surface area (Å²) < 4.78 is 0. The minimum Gasteiger partial charge on any atom is -0.357 e. The maximum absolute atomic E-state index is 4.84. The number of hydrogen-bond acceptors (Lipinski definition) is 3. The normalized spacial score (nSPS) is 15.7. The third kappa shape index (κ3) is 2.78. The maximum atomic E-state index is 4.84. The number of rotatable bonds is 4. The average molecular weight is 233 g/mol. The molecule has 1 aliphatic rings. The first-order chi connectivity index (χ1) is 8.24. The first-order valence-electron chi connectivity index (χ1n) is 6.66. The third-order valence-corrected chi connectivity index (χ3v) is 3.42. The van der Waals surface area contributed by atoms with E-state index in [4.69, 9.17) is 4.98 Å². The molecule has 0 unspecified atom stereocenters. The lowest BCUT2D eigenvalue weighted by Crippen LogP contribution is -2.29. The fraction of sp³-hybridized carbons (Fsp3) is 0.643. The van der Waals surface area contributed by atoms with E-state index in [1.54, 1.807) is 0 Å². The van der Waals surface area contributed by atoms with Gasteiger partial charge in [0.05, 0.1) is 0 Å². The minimum atomic E-state index is 1.04. The average Bonchev–Trinajstić information content (AvgIpc) is 2.35. The standard InChI is InChI=1S/C14H23N3/c1-4-9-17(5-2)14-7-6-12-11-16(3)10-8-13(12)15-14/h6-7H,4-5,8-11H2,1-3H3. The fourth-order valence-corrected chi connectivity index (χ4v) is 2.43. The monoisotopic (exact) mass is 233 g/mol. The number of nitrogens with zero attached hydrogens (tertiary/aromatic N) is 3. The van der Waals surface area contributed by atoms with Crippen molar-refractivity contribution in [1.82, 2.24) is 9.88 Å². The van der Waals surface area contributed by atoms with Crippen LogP contribution in [0, 0.1) is 0 Å². The van der Waals surface area contributed by atoms with Crippen LogP contribution in [-0.4, -0.2) is 36.6 Å². The van der Waals surface area contributed by atoms with Gasteiger partial charge in [-0.1, -0.05) is 13.0 Å². The van der Waals surface area contributed by atoms with E-state index in [9.17, 15) is 0 Å². The largest absolute Gasteiger partial charge is 0.357 e. The Bertz CT molecular complexity index is 376. The number of likely N-dealkylation sites (N-methyl/N-ethyl adjacent to an activating group) is 1. The van der Waals surface area contributed by atoms with Crippen LogP contribution in [0.1, 0.15) is 31.5 Å². The SMILES string of the molecule is CCCN(CC)c1ccc2c(n1)CCN(C)C2. The van der Waals surface area contributed by atoms with Gasteiger partial charge in [0.15, 0.2) is 0 Å². The quantitative estimate of drug-likeness (QED) is 0.795. The molecule has 2 rings (SSSR count). The zero-order chi connectivity index (χ0) is 12.3. The molecule has 94 valence electrons.